The van der Waals surface area contributed by atoms with Crippen LogP contribution >= 0.6 is 0 Å². The lowest BCUT2D eigenvalue weighted by Crippen LogP contribution is -2.26. The third kappa shape index (κ3) is 2.37. The maximum absolute atomic E-state index is 14.4. The molecule has 3 aromatic rings. The topological polar surface area (TPSA) is 3.24 Å². The van der Waals surface area contributed by atoms with Gasteiger partial charge in [0.2, 0.25) is 0 Å². The molecule has 0 N–H and O–H groups in total. The average molecular weight is 341 g/mol. The lowest BCUT2D eigenvalue weighted by Gasteiger charge is -2.34. The zero-order valence-corrected chi connectivity index (χ0v) is 14.8. The van der Waals surface area contributed by atoms with Crippen molar-refractivity contribution < 1.29 is 4.39 Å². The van der Waals surface area contributed by atoms with Crippen molar-refractivity contribution in [1.29, 1.82) is 0 Å². The zero-order valence-electron chi connectivity index (χ0n) is 14.8. The number of rotatable bonds is 2. The Balaban J connectivity index is 1.67. The summed E-state index contributed by atoms with van der Waals surface area (Å²) >= 11 is 0. The fourth-order valence-electron chi connectivity index (χ4n) is 4.32. The van der Waals surface area contributed by atoms with Gasteiger partial charge in [-0.3, -0.25) is 0 Å². The highest BCUT2D eigenvalue weighted by molar-refractivity contribution is 5.90. The quantitative estimate of drug-likeness (QED) is 0.581. The van der Waals surface area contributed by atoms with Crippen LogP contribution in [0, 0.1) is 12.7 Å². The van der Waals surface area contributed by atoms with E-state index in [4.69, 9.17) is 0 Å². The van der Waals surface area contributed by atoms with E-state index in [9.17, 15) is 4.39 Å². The van der Waals surface area contributed by atoms with Crippen molar-refractivity contribution in [2.75, 3.05) is 4.90 Å². The van der Waals surface area contributed by atoms with Crippen LogP contribution < -0.4 is 4.90 Å². The number of allylic oxidation sites excluding steroid dienone is 1. The lowest BCUT2D eigenvalue weighted by molar-refractivity contribution is 0.609. The zero-order chi connectivity index (χ0) is 17.7. The Kier molecular flexibility index (Phi) is 3.46. The van der Waals surface area contributed by atoms with E-state index in [-0.39, 0.29) is 5.82 Å². The molecular formula is C24H20FN. The van der Waals surface area contributed by atoms with E-state index in [1.807, 2.05) is 12.1 Å². The normalized spacial score (nSPS) is 14.9. The Hall–Kier alpha value is -2.87. The van der Waals surface area contributed by atoms with Gasteiger partial charge in [-0.25, -0.2) is 4.39 Å². The number of anilines is 1. The molecule has 5 rings (SSSR count). The maximum atomic E-state index is 14.4. The van der Waals surface area contributed by atoms with Crippen LogP contribution in [-0.4, -0.2) is 0 Å². The molecule has 0 bridgehead atoms. The van der Waals surface area contributed by atoms with Gasteiger partial charge in [-0.1, -0.05) is 60.2 Å². The van der Waals surface area contributed by atoms with E-state index in [0.29, 0.717) is 6.54 Å². The molecule has 0 fully saturated rings. The molecular weight excluding hydrogens is 321 g/mol. The van der Waals surface area contributed by atoms with Crippen molar-refractivity contribution in [3.63, 3.8) is 0 Å². The molecule has 1 aliphatic carbocycles. The van der Waals surface area contributed by atoms with E-state index < -0.39 is 0 Å². The molecule has 128 valence electrons. The lowest BCUT2D eigenvalue weighted by atomic mass is 9.94. The minimum atomic E-state index is -0.139. The molecule has 1 heterocycles. The van der Waals surface area contributed by atoms with Gasteiger partial charge in [-0.2, -0.15) is 0 Å². The number of benzene rings is 3. The van der Waals surface area contributed by atoms with Crippen molar-refractivity contribution in [2.45, 2.75) is 26.3 Å². The Labute approximate surface area is 153 Å². The van der Waals surface area contributed by atoms with E-state index in [0.717, 1.165) is 18.4 Å². The van der Waals surface area contributed by atoms with Crippen LogP contribution in [0.4, 0.5) is 10.1 Å². The summed E-state index contributed by atoms with van der Waals surface area (Å²) in [5.41, 5.74) is 9.94. The van der Waals surface area contributed by atoms with Crippen LogP contribution in [0.25, 0.3) is 5.70 Å². The average Bonchev–Trinajstić information content (AvgIpc) is 3.01. The summed E-state index contributed by atoms with van der Waals surface area (Å²) in [4.78, 5) is 2.32. The largest absolute Gasteiger partial charge is 0.336 e. The standard InChI is InChI=1S/C24H20FN/c1-16-10-11-23-19(12-16)14-20-13-17-6-2-4-8-21(17)24(20)26(23)15-18-7-3-5-9-22(18)25/h2-12H,13-15H2,1H3. The Morgan fingerprint density at radius 2 is 1.65 bits per heavy atom. The Morgan fingerprint density at radius 3 is 2.54 bits per heavy atom. The third-order valence-corrected chi connectivity index (χ3v) is 5.50. The second kappa shape index (κ2) is 5.84. The molecule has 3 aromatic carbocycles. The molecule has 0 unspecified atom stereocenters. The highest BCUT2D eigenvalue weighted by Gasteiger charge is 2.32. The highest BCUT2D eigenvalue weighted by atomic mass is 19.1. The van der Waals surface area contributed by atoms with Gasteiger partial charge in [0.15, 0.2) is 0 Å². The molecule has 1 aliphatic heterocycles. The molecule has 2 aliphatic rings. The maximum Gasteiger partial charge on any atom is 0.128 e. The third-order valence-electron chi connectivity index (χ3n) is 5.50. The van der Waals surface area contributed by atoms with E-state index >= 15 is 0 Å². The first-order chi connectivity index (χ1) is 12.7. The molecule has 0 atom stereocenters. The number of hydrogen-bond donors (Lipinski definition) is 0. The summed E-state index contributed by atoms with van der Waals surface area (Å²) in [6, 6.07) is 22.3. The Bertz CT molecular complexity index is 1050. The van der Waals surface area contributed by atoms with Gasteiger partial charge in [0.1, 0.15) is 5.82 Å². The number of aryl methyl sites for hydroxylation is 1. The van der Waals surface area contributed by atoms with Crippen LogP contribution in [0.2, 0.25) is 0 Å². The molecule has 26 heavy (non-hydrogen) atoms. The highest BCUT2D eigenvalue weighted by Crippen LogP contribution is 2.45. The number of nitrogens with zero attached hydrogens (tertiary/aromatic N) is 1. The first-order valence-corrected chi connectivity index (χ1v) is 9.11. The van der Waals surface area contributed by atoms with Crippen LogP contribution in [0.1, 0.15) is 27.8 Å². The molecule has 0 amide bonds. The molecule has 0 spiro atoms. The molecule has 1 nitrogen and oxygen atoms in total. The van der Waals surface area contributed by atoms with Crippen molar-refractivity contribution in [3.05, 3.63) is 106 Å². The smallest absolute Gasteiger partial charge is 0.128 e. The van der Waals surface area contributed by atoms with Gasteiger partial charge in [0.05, 0.1) is 6.54 Å². The molecule has 0 saturated carbocycles. The van der Waals surface area contributed by atoms with Crippen LogP contribution in [0.3, 0.4) is 0 Å². The summed E-state index contributed by atoms with van der Waals surface area (Å²) < 4.78 is 14.4. The number of halogens is 1. The van der Waals surface area contributed by atoms with E-state index in [1.54, 1.807) is 12.1 Å². The van der Waals surface area contributed by atoms with Gasteiger partial charge < -0.3 is 4.90 Å². The molecule has 0 radical (unpaired) electrons. The summed E-state index contributed by atoms with van der Waals surface area (Å²) in [7, 11) is 0. The van der Waals surface area contributed by atoms with E-state index in [1.165, 1.54) is 39.2 Å². The summed E-state index contributed by atoms with van der Waals surface area (Å²) in [5.74, 6) is -0.139. The SMILES string of the molecule is Cc1ccc2c(c1)CC1=C(c3ccccc3C1)N2Cc1ccccc1F. The van der Waals surface area contributed by atoms with Crippen molar-refractivity contribution in [1.82, 2.24) is 0 Å². The van der Waals surface area contributed by atoms with Gasteiger partial charge in [-0.15, -0.1) is 0 Å². The number of fused-ring (bicyclic) bond motifs is 3. The predicted molar refractivity (Wildman–Crippen MR) is 105 cm³/mol. The van der Waals surface area contributed by atoms with Crippen molar-refractivity contribution in [2.24, 2.45) is 0 Å². The summed E-state index contributed by atoms with van der Waals surface area (Å²) in [5, 5.41) is 0. The molecule has 2 heteroatoms. The monoisotopic (exact) mass is 341 g/mol. The molecule has 0 saturated heterocycles. The van der Waals surface area contributed by atoms with Gasteiger partial charge in [-0.05, 0) is 48.6 Å². The summed E-state index contributed by atoms with van der Waals surface area (Å²) in [6.07, 6.45) is 1.97. The van der Waals surface area contributed by atoms with Crippen LogP contribution in [0.5, 0.6) is 0 Å². The minimum absolute atomic E-state index is 0.139. The van der Waals surface area contributed by atoms with E-state index in [2.05, 4.69) is 54.3 Å². The van der Waals surface area contributed by atoms with Crippen molar-refractivity contribution in [3.8, 4) is 0 Å². The fraction of sp³-hybridized carbons (Fsp3) is 0.167. The second-order valence-corrected chi connectivity index (χ2v) is 7.27. The van der Waals surface area contributed by atoms with Gasteiger partial charge in [0.25, 0.3) is 0 Å². The fourth-order valence-corrected chi connectivity index (χ4v) is 4.32. The van der Waals surface area contributed by atoms with Crippen LogP contribution in [0.15, 0.2) is 72.3 Å². The van der Waals surface area contributed by atoms with Gasteiger partial charge in [0, 0.05) is 22.5 Å². The van der Waals surface area contributed by atoms with Crippen molar-refractivity contribution >= 4 is 11.4 Å². The second-order valence-electron chi connectivity index (χ2n) is 7.27. The number of hydrogen-bond acceptors (Lipinski definition) is 1. The van der Waals surface area contributed by atoms with Gasteiger partial charge >= 0.3 is 0 Å². The predicted octanol–water partition coefficient (Wildman–Crippen LogP) is 5.66. The summed E-state index contributed by atoms with van der Waals surface area (Å²) in [6.45, 7) is 2.69. The Morgan fingerprint density at radius 1 is 0.885 bits per heavy atom. The first kappa shape index (κ1) is 15.4. The minimum Gasteiger partial charge on any atom is -0.336 e. The first-order valence-electron chi connectivity index (χ1n) is 9.11. The molecule has 0 aromatic heterocycles. The van der Waals surface area contributed by atoms with Crippen LogP contribution in [-0.2, 0) is 19.4 Å².